The van der Waals surface area contributed by atoms with E-state index < -0.39 is 0 Å². The van der Waals surface area contributed by atoms with Crippen LogP contribution in [-0.2, 0) is 16.8 Å². The molecule has 2 aromatic heterocycles. The molecule has 1 fully saturated rings. The van der Waals surface area contributed by atoms with Gasteiger partial charge in [-0.25, -0.2) is 14.6 Å². The number of hydrogen-bond donors (Lipinski definition) is 1. The Labute approximate surface area is 157 Å². The van der Waals surface area contributed by atoms with Gasteiger partial charge in [0.25, 0.3) is 0 Å². The van der Waals surface area contributed by atoms with E-state index >= 15 is 0 Å². The molecule has 0 saturated carbocycles. The Kier molecular flexibility index (Phi) is 4.97. The van der Waals surface area contributed by atoms with Crippen molar-refractivity contribution in [2.24, 2.45) is 0 Å². The van der Waals surface area contributed by atoms with E-state index in [0.717, 1.165) is 30.0 Å². The van der Waals surface area contributed by atoms with E-state index in [4.69, 9.17) is 16.3 Å². The molecule has 1 aromatic carbocycles. The van der Waals surface area contributed by atoms with Gasteiger partial charge >= 0.3 is 0 Å². The number of para-hydroxylation sites is 1. The normalized spacial score (nSPS) is 16.5. The fourth-order valence-corrected chi connectivity index (χ4v) is 3.46. The molecule has 0 bridgehead atoms. The average molecular weight is 370 g/mol. The summed E-state index contributed by atoms with van der Waals surface area (Å²) in [6.45, 7) is 2.01. The number of rotatable bonds is 5. The maximum Gasteiger partial charge on any atom is 0.148 e. The predicted molar refractivity (Wildman–Crippen MR) is 99.2 cm³/mol. The molecule has 0 spiro atoms. The van der Waals surface area contributed by atoms with Crippen LogP contribution in [0.4, 0.5) is 0 Å². The fourth-order valence-electron chi connectivity index (χ4n) is 3.23. The summed E-state index contributed by atoms with van der Waals surface area (Å²) in [7, 11) is 0. The Hall–Kier alpha value is -2.28. The van der Waals surface area contributed by atoms with Crippen LogP contribution in [0.3, 0.4) is 0 Å². The Morgan fingerprint density at radius 3 is 2.62 bits per heavy atom. The SMILES string of the molecule is Clc1ccccc1-n1ccc(CNC2(c3ncccn3)CCOCC2)n1. The Morgan fingerprint density at radius 1 is 1.08 bits per heavy atom. The predicted octanol–water partition coefficient (Wildman–Crippen LogP) is 3.11. The van der Waals surface area contributed by atoms with Gasteiger partial charge in [0.2, 0.25) is 0 Å². The van der Waals surface area contributed by atoms with E-state index in [0.29, 0.717) is 24.8 Å². The number of nitrogens with zero attached hydrogens (tertiary/aromatic N) is 4. The number of ether oxygens (including phenoxy) is 1. The smallest absolute Gasteiger partial charge is 0.148 e. The largest absolute Gasteiger partial charge is 0.381 e. The van der Waals surface area contributed by atoms with Crippen LogP contribution in [0, 0.1) is 0 Å². The van der Waals surface area contributed by atoms with Crippen molar-refractivity contribution < 1.29 is 4.74 Å². The minimum Gasteiger partial charge on any atom is -0.381 e. The van der Waals surface area contributed by atoms with Crippen molar-refractivity contribution in [3.05, 3.63) is 71.5 Å². The molecule has 26 heavy (non-hydrogen) atoms. The monoisotopic (exact) mass is 369 g/mol. The van der Waals surface area contributed by atoms with E-state index in [2.05, 4.69) is 20.4 Å². The highest BCUT2D eigenvalue weighted by Gasteiger charge is 2.36. The van der Waals surface area contributed by atoms with Gasteiger partial charge in [-0.05, 0) is 37.1 Å². The quantitative estimate of drug-likeness (QED) is 0.748. The first-order valence-electron chi connectivity index (χ1n) is 8.67. The molecule has 6 nitrogen and oxygen atoms in total. The highest BCUT2D eigenvalue weighted by atomic mass is 35.5. The van der Waals surface area contributed by atoms with E-state index in [9.17, 15) is 0 Å². The number of halogens is 1. The van der Waals surface area contributed by atoms with Gasteiger partial charge in [0.15, 0.2) is 0 Å². The zero-order valence-corrected chi connectivity index (χ0v) is 15.1. The molecule has 1 N–H and O–H groups in total. The van der Waals surface area contributed by atoms with E-state index in [-0.39, 0.29) is 5.54 Å². The summed E-state index contributed by atoms with van der Waals surface area (Å²) in [5.74, 6) is 0.814. The van der Waals surface area contributed by atoms with Crippen LogP contribution in [0.5, 0.6) is 0 Å². The maximum absolute atomic E-state index is 6.26. The van der Waals surface area contributed by atoms with Crippen LogP contribution >= 0.6 is 11.6 Å². The lowest BCUT2D eigenvalue weighted by molar-refractivity contribution is 0.0320. The molecule has 1 saturated heterocycles. The van der Waals surface area contributed by atoms with Crippen LogP contribution < -0.4 is 5.32 Å². The molecular formula is C19H20ClN5O. The molecule has 0 amide bonds. The van der Waals surface area contributed by atoms with Crippen LogP contribution in [-0.4, -0.2) is 33.0 Å². The van der Waals surface area contributed by atoms with Gasteiger partial charge < -0.3 is 4.74 Å². The summed E-state index contributed by atoms with van der Waals surface area (Å²) in [6.07, 6.45) is 7.17. The fraction of sp³-hybridized carbons (Fsp3) is 0.316. The molecule has 0 atom stereocenters. The third-order valence-corrected chi connectivity index (χ3v) is 5.01. The molecule has 0 radical (unpaired) electrons. The zero-order chi connectivity index (χ0) is 17.8. The third kappa shape index (κ3) is 3.49. The van der Waals surface area contributed by atoms with Gasteiger partial charge in [-0.1, -0.05) is 23.7 Å². The molecule has 134 valence electrons. The molecule has 1 aliphatic heterocycles. The first-order chi connectivity index (χ1) is 12.8. The molecule has 0 aliphatic carbocycles. The van der Waals surface area contributed by atoms with Crippen molar-refractivity contribution in [3.63, 3.8) is 0 Å². The van der Waals surface area contributed by atoms with Crippen molar-refractivity contribution >= 4 is 11.6 Å². The van der Waals surface area contributed by atoms with Gasteiger partial charge in [-0.3, -0.25) is 5.32 Å². The molecule has 3 aromatic rings. The number of benzene rings is 1. The standard InChI is InChI=1S/C19H20ClN5O/c20-16-4-1-2-5-17(16)25-11-6-15(24-25)14-23-19(7-12-26-13-8-19)18-21-9-3-10-22-18/h1-6,9-11,23H,7-8,12-14H2. The first-order valence-corrected chi connectivity index (χ1v) is 9.04. The van der Waals surface area contributed by atoms with Crippen molar-refractivity contribution in [2.75, 3.05) is 13.2 Å². The van der Waals surface area contributed by atoms with Crippen molar-refractivity contribution in [1.82, 2.24) is 25.1 Å². The van der Waals surface area contributed by atoms with Crippen LogP contribution in [0.2, 0.25) is 5.02 Å². The highest BCUT2D eigenvalue weighted by molar-refractivity contribution is 6.32. The lowest BCUT2D eigenvalue weighted by Gasteiger charge is -2.36. The molecule has 0 unspecified atom stereocenters. The van der Waals surface area contributed by atoms with Gasteiger partial charge in [-0.15, -0.1) is 0 Å². The van der Waals surface area contributed by atoms with Gasteiger partial charge in [0.05, 0.1) is 21.9 Å². The Bertz CT molecular complexity index is 861. The number of aromatic nitrogens is 4. The highest BCUT2D eigenvalue weighted by Crippen LogP contribution is 2.30. The van der Waals surface area contributed by atoms with Crippen molar-refractivity contribution in [2.45, 2.75) is 24.9 Å². The average Bonchev–Trinajstić information content (AvgIpc) is 3.17. The summed E-state index contributed by atoms with van der Waals surface area (Å²) in [6, 6.07) is 11.5. The summed E-state index contributed by atoms with van der Waals surface area (Å²) in [5.41, 5.74) is 1.52. The molecule has 3 heterocycles. The maximum atomic E-state index is 6.26. The van der Waals surface area contributed by atoms with Gasteiger partial charge in [0.1, 0.15) is 5.82 Å². The molecule has 4 rings (SSSR count). The second kappa shape index (κ2) is 7.53. The van der Waals surface area contributed by atoms with Gasteiger partial charge in [-0.2, -0.15) is 5.10 Å². The van der Waals surface area contributed by atoms with E-state index in [1.54, 1.807) is 17.1 Å². The lowest BCUT2D eigenvalue weighted by atomic mass is 9.88. The topological polar surface area (TPSA) is 64.9 Å². The van der Waals surface area contributed by atoms with Gasteiger partial charge in [0, 0.05) is 38.3 Å². The Morgan fingerprint density at radius 2 is 1.85 bits per heavy atom. The third-order valence-electron chi connectivity index (χ3n) is 4.69. The molecular weight excluding hydrogens is 350 g/mol. The summed E-state index contributed by atoms with van der Waals surface area (Å²) < 4.78 is 7.34. The second-order valence-corrected chi connectivity index (χ2v) is 6.73. The summed E-state index contributed by atoms with van der Waals surface area (Å²) >= 11 is 6.26. The first kappa shape index (κ1) is 17.1. The van der Waals surface area contributed by atoms with Crippen molar-refractivity contribution in [1.29, 1.82) is 0 Å². The molecule has 1 aliphatic rings. The summed E-state index contributed by atoms with van der Waals surface area (Å²) in [4.78, 5) is 8.96. The summed E-state index contributed by atoms with van der Waals surface area (Å²) in [5, 5.41) is 8.96. The zero-order valence-electron chi connectivity index (χ0n) is 14.3. The molecule has 7 heteroatoms. The van der Waals surface area contributed by atoms with E-state index in [1.165, 1.54) is 0 Å². The van der Waals surface area contributed by atoms with Crippen LogP contribution in [0.25, 0.3) is 5.69 Å². The number of nitrogens with one attached hydrogen (secondary N) is 1. The minimum atomic E-state index is -0.284. The number of hydrogen-bond acceptors (Lipinski definition) is 5. The Balaban J connectivity index is 1.53. The van der Waals surface area contributed by atoms with Crippen LogP contribution in [0.15, 0.2) is 55.0 Å². The van der Waals surface area contributed by atoms with E-state index in [1.807, 2.05) is 42.6 Å². The lowest BCUT2D eigenvalue weighted by Crippen LogP contribution is -2.47. The van der Waals surface area contributed by atoms with Crippen LogP contribution in [0.1, 0.15) is 24.4 Å². The second-order valence-electron chi connectivity index (χ2n) is 6.32. The van der Waals surface area contributed by atoms with Crippen molar-refractivity contribution in [3.8, 4) is 5.69 Å². The minimum absolute atomic E-state index is 0.284.